The van der Waals surface area contributed by atoms with Crippen molar-refractivity contribution >= 4 is 11.0 Å². The van der Waals surface area contributed by atoms with Gasteiger partial charge in [-0.1, -0.05) is 0 Å². The third-order valence-electron chi connectivity index (χ3n) is 1.83. The van der Waals surface area contributed by atoms with Gasteiger partial charge in [0.05, 0.1) is 0 Å². The van der Waals surface area contributed by atoms with Crippen LogP contribution in [0, 0.1) is 24.1 Å². The van der Waals surface area contributed by atoms with Crippen LogP contribution in [0.1, 0.15) is 11.3 Å². The Balaban J connectivity index is 2.84. The van der Waals surface area contributed by atoms with Crippen LogP contribution < -0.4 is 0 Å². The van der Waals surface area contributed by atoms with E-state index in [0.29, 0.717) is 5.39 Å². The van der Waals surface area contributed by atoms with Gasteiger partial charge in [0.25, 0.3) is 0 Å². The average molecular weight is 175 g/mol. The topological polar surface area (TPSA) is 36.9 Å². The van der Waals surface area contributed by atoms with Crippen molar-refractivity contribution in [2.75, 3.05) is 0 Å². The molecule has 0 bridgehead atoms. The van der Waals surface area contributed by atoms with Gasteiger partial charge >= 0.3 is 0 Å². The molecule has 2 nitrogen and oxygen atoms in total. The lowest BCUT2D eigenvalue weighted by molar-refractivity contribution is 0.551. The van der Waals surface area contributed by atoms with Gasteiger partial charge in [-0.2, -0.15) is 5.26 Å². The van der Waals surface area contributed by atoms with Crippen molar-refractivity contribution in [1.82, 2.24) is 0 Å². The number of nitrogens with zero attached hydrogens (tertiary/aromatic N) is 1. The van der Waals surface area contributed by atoms with Crippen LogP contribution in [0.3, 0.4) is 0 Å². The minimum Gasteiger partial charge on any atom is -0.442 e. The Morgan fingerprint density at radius 1 is 1.38 bits per heavy atom. The van der Waals surface area contributed by atoms with Crippen molar-refractivity contribution in [3.05, 3.63) is 35.3 Å². The van der Waals surface area contributed by atoms with Crippen molar-refractivity contribution < 1.29 is 8.81 Å². The summed E-state index contributed by atoms with van der Waals surface area (Å²) in [6.07, 6.45) is 0. The molecule has 0 aliphatic heterocycles. The summed E-state index contributed by atoms with van der Waals surface area (Å²) in [6.45, 7) is 1.79. The lowest BCUT2D eigenvalue weighted by Crippen LogP contribution is -1.77. The molecule has 2 rings (SSSR count). The molecule has 0 N–H and O–H groups in total. The van der Waals surface area contributed by atoms with Crippen molar-refractivity contribution in [3.63, 3.8) is 0 Å². The standard InChI is InChI=1S/C10H6FNO/c1-6-2-7-4-8(5-12)13-10(7)9(11)3-6/h2-4H,1H3. The fraction of sp³-hybridized carbons (Fsp3) is 0.100. The minimum atomic E-state index is -0.420. The molecule has 0 amide bonds. The Kier molecular flexibility index (Phi) is 1.56. The molecule has 0 saturated heterocycles. The molecular weight excluding hydrogens is 169 g/mol. The smallest absolute Gasteiger partial charge is 0.204 e. The van der Waals surface area contributed by atoms with E-state index in [4.69, 9.17) is 9.68 Å². The SMILES string of the molecule is Cc1cc(F)c2oc(C#N)cc2c1. The van der Waals surface area contributed by atoms with Crippen molar-refractivity contribution in [1.29, 1.82) is 5.26 Å². The number of nitriles is 1. The highest BCUT2D eigenvalue weighted by atomic mass is 19.1. The molecule has 0 spiro atoms. The van der Waals surface area contributed by atoms with Crippen LogP contribution in [-0.4, -0.2) is 0 Å². The molecule has 13 heavy (non-hydrogen) atoms. The lowest BCUT2D eigenvalue weighted by atomic mass is 10.2. The largest absolute Gasteiger partial charge is 0.442 e. The van der Waals surface area contributed by atoms with Crippen LogP contribution in [0.25, 0.3) is 11.0 Å². The van der Waals surface area contributed by atoms with Gasteiger partial charge in [-0.05, 0) is 24.6 Å². The van der Waals surface area contributed by atoms with Gasteiger partial charge in [0.1, 0.15) is 6.07 Å². The summed E-state index contributed by atoms with van der Waals surface area (Å²) in [5.74, 6) is -0.281. The fourth-order valence-electron chi connectivity index (χ4n) is 1.31. The molecule has 1 heterocycles. The highest BCUT2D eigenvalue weighted by Crippen LogP contribution is 2.23. The third-order valence-corrected chi connectivity index (χ3v) is 1.83. The van der Waals surface area contributed by atoms with E-state index in [2.05, 4.69) is 0 Å². The molecule has 2 aromatic rings. The van der Waals surface area contributed by atoms with Crippen molar-refractivity contribution in [3.8, 4) is 6.07 Å². The fourth-order valence-corrected chi connectivity index (χ4v) is 1.31. The normalized spacial score (nSPS) is 10.2. The van der Waals surface area contributed by atoms with E-state index in [0.717, 1.165) is 5.56 Å². The Morgan fingerprint density at radius 2 is 2.15 bits per heavy atom. The second-order valence-corrected chi connectivity index (χ2v) is 2.89. The Labute approximate surface area is 74.2 Å². The first-order chi connectivity index (χ1) is 6.20. The van der Waals surface area contributed by atoms with E-state index in [1.165, 1.54) is 12.1 Å². The van der Waals surface area contributed by atoms with Gasteiger partial charge in [-0.3, -0.25) is 0 Å². The summed E-state index contributed by atoms with van der Waals surface area (Å²) in [7, 11) is 0. The number of aryl methyl sites for hydroxylation is 1. The van der Waals surface area contributed by atoms with E-state index in [-0.39, 0.29) is 11.3 Å². The summed E-state index contributed by atoms with van der Waals surface area (Å²) in [6, 6.07) is 6.53. The zero-order valence-electron chi connectivity index (χ0n) is 6.97. The van der Waals surface area contributed by atoms with Crippen molar-refractivity contribution in [2.24, 2.45) is 0 Å². The second-order valence-electron chi connectivity index (χ2n) is 2.89. The second kappa shape index (κ2) is 2.60. The molecule has 0 saturated carbocycles. The predicted molar refractivity (Wildman–Crippen MR) is 45.6 cm³/mol. The van der Waals surface area contributed by atoms with Gasteiger partial charge in [0.2, 0.25) is 5.76 Å². The Hall–Kier alpha value is -1.82. The predicted octanol–water partition coefficient (Wildman–Crippen LogP) is 2.75. The van der Waals surface area contributed by atoms with E-state index >= 15 is 0 Å². The number of furan rings is 1. The molecule has 1 aromatic carbocycles. The zero-order valence-corrected chi connectivity index (χ0v) is 6.97. The van der Waals surface area contributed by atoms with E-state index in [1.807, 2.05) is 6.07 Å². The molecule has 0 aliphatic rings. The highest BCUT2D eigenvalue weighted by molar-refractivity contribution is 5.80. The summed E-state index contributed by atoms with van der Waals surface area (Å²) >= 11 is 0. The van der Waals surface area contributed by atoms with Crippen molar-refractivity contribution in [2.45, 2.75) is 6.92 Å². The van der Waals surface area contributed by atoms with E-state index in [9.17, 15) is 4.39 Å². The average Bonchev–Trinajstić information content (AvgIpc) is 2.47. The molecule has 0 radical (unpaired) electrons. The highest BCUT2D eigenvalue weighted by Gasteiger charge is 2.08. The number of halogens is 1. The van der Waals surface area contributed by atoms with Crippen LogP contribution >= 0.6 is 0 Å². The maximum Gasteiger partial charge on any atom is 0.204 e. The van der Waals surface area contributed by atoms with Gasteiger partial charge in [-0.25, -0.2) is 4.39 Å². The summed E-state index contributed by atoms with van der Waals surface area (Å²) in [4.78, 5) is 0. The molecule has 0 aliphatic carbocycles. The molecule has 64 valence electrons. The molecule has 0 fully saturated rings. The summed E-state index contributed by atoms with van der Waals surface area (Å²) in [5.41, 5.74) is 0.970. The van der Waals surface area contributed by atoms with Crippen LogP contribution in [0.2, 0.25) is 0 Å². The summed E-state index contributed by atoms with van der Waals surface area (Å²) in [5, 5.41) is 9.17. The molecule has 0 unspecified atom stereocenters. The van der Waals surface area contributed by atoms with Gasteiger partial charge in [-0.15, -0.1) is 0 Å². The first-order valence-electron chi connectivity index (χ1n) is 3.80. The quantitative estimate of drug-likeness (QED) is 0.617. The van der Waals surface area contributed by atoms with Gasteiger partial charge in [0.15, 0.2) is 11.4 Å². The number of fused-ring (bicyclic) bond motifs is 1. The Bertz CT molecular complexity index is 507. The lowest BCUT2D eigenvalue weighted by Gasteiger charge is -1.92. The van der Waals surface area contributed by atoms with Crippen LogP contribution in [-0.2, 0) is 0 Å². The molecular formula is C10H6FNO. The van der Waals surface area contributed by atoms with Crippen LogP contribution in [0.4, 0.5) is 4.39 Å². The number of hydrogen-bond donors (Lipinski definition) is 0. The zero-order chi connectivity index (χ0) is 9.42. The minimum absolute atomic E-state index is 0.138. The van der Waals surface area contributed by atoms with Gasteiger partial charge in [0, 0.05) is 11.5 Å². The number of benzene rings is 1. The summed E-state index contributed by atoms with van der Waals surface area (Å²) < 4.78 is 18.2. The van der Waals surface area contributed by atoms with Crippen LogP contribution in [0.5, 0.6) is 0 Å². The first-order valence-corrected chi connectivity index (χ1v) is 3.80. The van der Waals surface area contributed by atoms with Gasteiger partial charge < -0.3 is 4.42 Å². The third kappa shape index (κ3) is 1.17. The number of rotatable bonds is 0. The maximum atomic E-state index is 13.2. The monoisotopic (exact) mass is 175 g/mol. The Morgan fingerprint density at radius 3 is 2.85 bits per heavy atom. The van der Waals surface area contributed by atoms with Crippen LogP contribution in [0.15, 0.2) is 22.6 Å². The first kappa shape index (κ1) is 7.81. The maximum absolute atomic E-state index is 13.2. The van der Waals surface area contributed by atoms with E-state index < -0.39 is 5.82 Å². The molecule has 1 aromatic heterocycles. The van der Waals surface area contributed by atoms with E-state index in [1.54, 1.807) is 13.0 Å². The molecule has 0 atom stereocenters. The molecule has 3 heteroatoms. The number of hydrogen-bond acceptors (Lipinski definition) is 2.